The lowest BCUT2D eigenvalue weighted by Gasteiger charge is -2.57. The molecular formula is C30H38O3. The largest absolute Gasteiger partial charge is 0.430 e. The van der Waals surface area contributed by atoms with Gasteiger partial charge in [-0.1, -0.05) is 55.8 Å². The van der Waals surface area contributed by atoms with Crippen molar-refractivity contribution >= 4 is 5.97 Å². The molecule has 0 unspecified atom stereocenters. The maximum atomic E-state index is 13.3. The van der Waals surface area contributed by atoms with E-state index in [0.29, 0.717) is 17.8 Å². The number of ether oxygens (including phenoxy) is 1. The van der Waals surface area contributed by atoms with Gasteiger partial charge >= 0.3 is 5.97 Å². The van der Waals surface area contributed by atoms with Crippen LogP contribution in [-0.2, 0) is 9.53 Å². The molecule has 6 rings (SSSR count). The van der Waals surface area contributed by atoms with Crippen molar-refractivity contribution in [1.29, 1.82) is 0 Å². The summed E-state index contributed by atoms with van der Waals surface area (Å²) in [4.78, 5) is 13.3. The highest BCUT2D eigenvalue weighted by Gasteiger charge is 2.62. The first-order valence-electron chi connectivity index (χ1n) is 13.0. The van der Waals surface area contributed by atoms with E-state index in [9.17, 15) is 9.90 Å². The van der Waals surface area contributed by atoms with Gasteiger partial charge in [0.05, 0.1) is 11.5 Å². The third kappa shape index (κ3) is 2.87. The molecule has 3 nitrogen and oxygen atoms in total. The summed E-state index contributed by atoms with van der Waals surface area (Å²) in [5.41, 5.74) is 3.75. The van der Waals surface area contributed by atoms with Gasteiger partial charge in [-0.2, -0.15) is 0 Å². The van der Waals surface area contributed by atoms with E-state index in [2.05, 4.69) is 64.1 Å². The Morgan fingerprint density at radius 2 is 1.67 bits per heavy atom. The second-order valence-corrected chi connectivity index (χ2v) is 12.6. The molecule has 0 bridgehead atoms. The van der Waals surface area contributed by atoms with Crippen molar-refractivity contribution < 1.29 is 14.6 Å². The summed E-state index contributed by atoms with van der Waals surface area (Å²) in [5.74, 6) is 2.85. The van der Waals surface area contributed by atoms with Crippen LogP contribution in [0.2, 0.25) is 0 Å². The predicted octanol–water partition coefficient (Wildman–Crippen LogP) is 6.54. The maximum absolute atomic E-state index is 13.3. The second-order valence-electron chi connectivity index (χ2n) is 12.6. The minimum Gasteiger partial charge on any atom is -0.430 e. The lowest BCUT2D eigenvalue weighted by molar-refractivity contribution is -0.155. The first-order valence-corrected chi connectivity index (χ1v) is 13.0. The summed E-state index contributed by atoms with van der Waals surface area (Å²) in [7, 11) is 0. The molecule has 0 spiro atoms. The van der Waals surface area contributed by atoms with Gasteiger partial charge in [-0.3, -0.25) is 4.79 Å². The lowest BCUT2D eigenvalue weighted by Crippen LogP contribution is -2.50. The van der Waals surface area contributed by atoms with Crippen LogP contribution >= 0.6 is 0 Å². The van der Waals surface area contributed by atoms with Crippen LogP contribution in [0.1, 0.15) is 84.1 Å². The lowest BCUT2D eigenvalue weighted by atomic mass is 9.48. The number of hydrogen-bond acceptors (Lipinski definition) is 3. The third-order valence-electron chi connectivity index (χ3n) is 10.6. The van der Waals surface area contributed by atoms with Gasteiger partial charge in [-0.05, 0) is 93.1 Å². The molecule has 176 valence electrons. The number of carbonyl (C=O) groups is 1. The monoisotopic (exact) mass is 446 g/mol. The summed E-state index contributed by atoms with van der Waals surface area (Å²) >= 11 is 0. The van der Waals surface area contributed by atoms with Gasteiger partial charge in [-0.25, -0.2) is 0 Å². The molecule has 3 heteroatoms. The molecule has 0 amide bonds. The summed E-state index contributed by atoms with van der Waals surface area (Å²) in [6.07, 6.45) is 9.65. The normalized spacial score (nSPS) is 43.6. The second kappa shape index (κ2) is 7.07. The van der Waals surface area contributed by atoms with Crippen LogP contribution < -0.4 is 0 Å². The van der Waals surface area contributed by atoms with Gasteiger partial charge in [0.15, 0.2) is 0 Å². The standard InChI is InChI=1S/C30H38O3/c1-28(2)25(18-8-6-5-7-9-18)22-17-24-21-11-10-19-16-20(31)12-14-29(19,3)23(21)13-15-30(24,4)26(22)33-27(28)32/h5-10,20-21,23-25,31H,11-17H2,1-4H3/t20-,21+,23-,24+,25+,29-,30+/m0/s1. The summed E-state index contributed by atoms with van der Waals surface area (Å²) in [6.45, 7) is 8.99. The van der Waals surface area contributed by atoms with Crippen LogP contribution in [0.4, 0.5) is 0 Å². The van der Waals surface area contributed by atoms with E-state index in [4.69, 9.17) is 4.74 Å². The van der Waals surface area contributed by atoms with E-state index >= 15 is 0 Å². The molecule has 1 aromatic rings. The number of aliphatic hydroxyl groups excluding tert-OH is 1. The summed E-state index contributed by atoms with van der Waals surface area (Å²) in [5, 5.41) is 10.3. The first kappa shape index (κ1) is 21.6. The number of carbonyl (C=O) groups excluding carboxylic acids is 1. The van der Waals surface area contributed by atoms with Gasteiger partial charge in [0.1, 0.15) is 5.76 Å². The van der Waals surface area contributed by atoms with Gasteiger partial charge in [-0.15, -0.1) is 0 Å². The van der Waals surface area contributed by atoms with Crippen LogP contribution in [0.25, 0.3) is 0 Å². The van der Waals surface area contributed by atoms with Crippen molar-refractivity contribution in [3.8, 4) is 0 Å². The van der Waals surface area contributed by atoms with Crippen molar-refractivity contribution in [3.05, 3.63) is 58.9 Å². The highest BCUT2D eigenvalue weighted by molar-refractivity contribution is 5.81. The fourth-order valence-corrected chi connectivity index (χ4v) is 8.79. The van der Waals surface area contributed by atoms with Crippen LogP contribution in [0, 0.1) is 34.0 Å². The Balaban J connectivity index is 1.41. The van der Waals surface area contributed by atoms with Crippen molar-refractivity contribution in [2.75, 3.05) is 0 Å². The van der Waals surface area contributed by atoms with E-state index in [0.717, 1.165) is 44.3 Å². The first-order chi connectivity index (χ1) is 15.7. The number of aliphatic hydroxyl groups is 1. The maximum Gasteiger partial charge on any atom is 0.317 e. The molecule has 0 radical (unpaired) electrons. The molecule has 2 fully saturated rings. The van der Waals surface area contributed by atoms with Crippen molar-refractivity contribution in [1.82, 2.24) is 0 Å². The minimum absolute atomic E-state index is 0.0500. The Kier molecular flexibility index (Phi) is 4.64. The molecule has 1 heterocycles. The van der Waals surface area contributed by atoms with E-state index in [-0.39, 0.29) is 28.8 Å². The van der Waals surface area contributed by atoms with Gasteiger partial charge in [0.2, 0.25) is 0 Å². The van der Waals surface area contributed by atoms with Crippen LogP contribution in [0.15, 0.2) is 53.3 Å². The molecule has 7 atom stereocenters. The minimum atomic E-state index is -0.561. The van der Waals surface area contributed by atoms with Crippen LogP contribution in [-0.4, -0.2) is 17.2 Å². The Labute approximate surface area is 198 Å². The van der Waals surface area contributed by atoms with Gasteiger partial charge in [0, 0.05) is 11.3 Å². The summed E-state index contributed by atoms with van der Waals surface area (Å²) in [6, 6.07) is 10.6. The number of benzene rings is 1. The van der Waals surface area contributed by atoms with E-state index < -0.39 is 5.41 Å². The van der Waals surface area contributed by atoms with Gasteiger partial charge < -0.3 is 9.84 Å². The van der Waals surface area contributed by atoms with Crippen molar-refractivity contribution in [3.63, 3.8) is 0 Å². The van der Waals surface area contributed by atoms with E-state index in [1.54, 1.807) is 0 Å². The topological polar surface area (TPSA) is 46.5 Å². The zero-order chi connectivity index (χ0) is 23.2. The zero-order valence-electron chi connectivity index (χ0n) is 20.6. The average Bonchev–Trinajstić information content (AvgIpc) is 3.07. The zero-order valence-corrected chi connectivity index (χ0v) is 20.6. The average molecular weight is 447 g/mol. The fraction of sp³-hybridized carbons (Fsp3) is 0.633. The van der Waals surface area contributed by atoms with E-state index in [1.807, 2.05) is 0 Å². The molecule has 1 aromatic carbocycles. The van der Waals surface area contributed by atoms with Gasteiger partial charge in [0.25, 0.3) is 0 Å². The molecule has 1 aliphatic heterocycles. The summed E-state index contributed by atoms with van der Waals surface area (Å²) < 4.78 is 6.27. The Bertz CT molecular complexity index is 1050. The van der Waals surface area contributed by atoms with Crippen LogP contribution in [0.3, 0.4) is 0 Å². The molecule has 1 N–H and O–H groups in total. The number of allylic oxidation sites excluding steroid dienone is 3. The molecule has 2 saturated carbocycles. The molecule has 33 heavy (non-hydrogen) atoms. The molecular weight excluding hydrogens is 408 g/mol. The highest BCUT2D eigenvalue weighted by atomic mass is 16.5. The molecule has 0 aromatic heterocycles. The molecule has 4 aliphatic carbocycles. The molecule has 5 aliphatic rings. The number of fused-ring (bicyclic) bond motifs is 6. The van der Waals surface area contributed by atoms with Crippen LogP contribution in [0.5, 0.6) is 0 Å². The number of rotatable bonds is 1. The molecule has 0 saturated heterocycles. The smallest absolute Gasteiger partial charge is 0.317 e. The fourth-order valence-electron chi connectivity index (χ4n) is 8.79. The predicted molar refractivity (Wildman–Crippen MR) is 129 cm³/mol. The van der Waals surface area contributed by atoms with Crippen molar-refractivity contribution in [2.45, 2.75) is 84.7 Å². The van der Waals surface area contributed by atoms with Crippen molar-refractivity contribution in [2.24, 2.45) is 34.0 Å². The Morgan fingerprint density at radius 1 is 0.939 bits per heavy atom. The highest BCUT2D eigenvalue weighted by Crippen LogP contribution is 2.69. The Hall–Kier alpha value is -1.87. The number of hydrogen-bond donors (Lipinski definition) is 1. The quantitative estimate of drug-likeness (QED) is 0.393. The number of esters is 1. The third-order valence-corrected chi connectivity index (χ3v) is 10.6. The Morgan fingerprint density at radius 3 is 2.42 bits per heavy atom. The van der Waals surface area contributed by atoms with E-state index in [1.165, 1.54) is 23.1 Å². The SMILES string of the molecule is CC1(C)C(=O)OC2=C(C[C@@H]3[C@@H]4CC=C5C[C@@H](O)CC[C@]5(C)[C@H]4CC[C@@]23C)[C@H]1c1ccccc1.